The molecular formula is C18H25NO5. The number of nitrogens with one attached hydrogen (secondary N) is 1. The lowest BCUT2D eigenvalue weighted by molar-refractivity contribution is -0.166. The molecule has 0 saturated heterocycles. The summed E-state index contributed by atoms with van der Waals surface area (Å²) in [5.74, 6) is -0.553. The van der Waals surface area contributed by atoms with E-state index in [1.807, 2.05) is 0 Å². The smallest absolute Gasteiger partial charge is 0.335 e. The largest absolute Gasteiger partial charge is 0.497 e. The second kappa shape index (κ2) is 9.72. The van der Waals surface area contributed by atoms with Gasteiger partial charge in [0.05, 0.1) is 13.7 Å². The van der Waals surface area contributed by atoms with Gasteiger partial charge in [-0.15, -0.1) is 6.58 Å². The van der Waals surface area contributed by atoms with Crippen molar-refractivity contribution < 1.29 is 23.8 Å². The van der Waals surface area contributed by atoms with E-state index in [1.54, 1.807) is 58.2 Å². The molecule has 0 heterocycles. The molecule has 0 bridgehead atoms. The number of amides is 1. The minimum atomic E-state index is -0.918. The van der Waals surface area contributed by atoms with Gasteiger partial charge in [-0.05, 0) is 25.0 Å². The van der Waals surface area contributed by atoms with Gasteiger partial charge in [0.2, 0.25) is 0 Å². The highest BCUT2D eigenvalue weighted by Gasteiger charge is 2.29. The first-order valence-electron chi connectivity index (χ1n) is 7.77. The molecule has 0 spiro atoms. The quantitative estimate of drug-likeness (QED) is 0.555. The fourth-order valence-electron chi connectivity index (χ4n) is 1.91. The molecule has 0 aliphatic heterocycles. The zero-order valence-corrected chi connectivity index (χ0v) is 14.6. The van der Waals surface area contributed by atoms with Crippen molar-refractivity contribution in [3.8, 4) is 5.75 Å². The van der Waals surface area contributed by atoms with Crippen LogP contribution >= 0.6 is 0 Å². The Morgan fingerprint density at radius 1 is 1.29 bits per heavy atom. The number of esters is 1. The number of methoxy groups -OCH3 is 1. The van der Waals surface area contributed by atoms with E-state index in [-0.39, 0.29) is 12.5 Å². The highest BCUT2D eigenvalue weighted by molar-refractivity contribution is 5.95. The lowest BCUT2D eigenvalue weighted by Crippen LogP contribution is -2.39. The van der Waals surface area contributed by atoms with Crippen LogP contribution in [0.1, 0.15) is 20.8 Å². The normalized spacial score (nSPS) is 13.0. The van der Waals surface area contributed by atoms with Gasteiger partial charge < -0.3 is 19.5 Å². The Kier molecular flexibility index (Phi) is 7.98. The highest BCUT2D eigenvalue weighted by atomic mass is 16.6. The molecule has 1 rings (SSSR count). The SMILES string of the molecule is C=CCOC(C)C(=O)OC(C(=O)Nc1cccc(OC)c1)C(C)C. The van der Waals surface area contributed by atoms with E-state index in [4.69, 9.17) is 14.2 Å². The van der Waals surface area contributed by atoms with Crippen LogP contribution in [0, 0.1) is 5.92 Å². The first-order valence-corrected chi connectivity index (χ1v) is 7.77. The van der Waals surface area contributed by atoms with Crippen molar-refractivity contribution in [1.82, 2.24) is 0 Å². The molecule has 1 aromatic rings. The van der Waals surface area contributed by atoms with Gasteiger partial charge in [-0.3, -0.25) is 4.79 Å². The average Bonchev–Trinajstić information content (AvgIpc) is 2.56. The summed E-state index contributed by atoms with van der Waals surface area (Å²) in [6.07, 6.45) is -0.147. The van der Waals surface area contributed by atoms with Crippen LogP contribution in [-0.4, -0.2) is 37.8 Å². The van der Waals surface area contributed by atoms with Gasteiger partial charge >= 0.3 is 5.97 Å². The molecule has 2 unspecified atom stereocenters. The number of anilines is 1. The molecule has 1 N–H and O–H groups in total. The monoisotopic (exact) mass is 335 g/mol. The van der Waals surface area contributed by atoms with Crippen LogP contribution in [0.4, 0.5) is 5.69 Å². The minimum absolute atomic E-state index is 0.189. The zero-order chi connectivity index (χ0) is 18.1. The van der Waals surface area contributed by atoms with Crippen molar-refractivity contribution in [2.75, 3.05) is 19.0 Å². The van der Waals surface area contributed by atoms with Gasteiger partial charge in [0.15, 0.2) is 12.2 Å². The van der Waals surface area contributed by atoms with E-state index in [0.717, 1.165) is 0 Å². The lowest BCUT2D eigenvalue weighted by Gasteiger charge is -2.22. The van der Waals surface area contributed by atoms with E-state index >= 15 is 0 Å². The van der Waals surface area contributed by atoms with Crippen molar-refractivity contribution in [3.63, 3.8) is 0 Å². The summed E-state index contributed by atoms with van der Waals surface area (Å²) in [4.78, 5) is 24.5. The first kappa shape index (κ1) is 19.7. The summed E-state index contributed by atoms with van der Waals surface area (Å²) in [7, 11) is 1.55. The molecular weight excluding hydrogens is 310 g/mol. The van der Waals surface area contributed by atoms with Gasteiger partial charge in [0, 0.05) is 11.8 Å². The maximum absolute atomic E-state index is 12.4. The molecule has 0 aliphatic rings. The Bertz CT molecular complexity index is 570. The Hall–Kier alpha value is -2.34. The summed E-state index contributed by atoms with van der Waals surface area (Å²) >= 11 is 0. The third kappa shape index (κ3) is 6.04. The molecule has 0 fully saturated rings. The second-order valence-electron chi connectivity index (χ2n) is 5.59. The van der Waals surface area contributed by atoms with Crippen LogP contribution in [0.2, 0.25) is 0 Å². The Labute approximate surface area is 142 Å². The summed E-state index contributed by atoms with van der Waals surface area (Å²) in [6.45, 7) is 8.93. The fraction of sp³-hybridized carbons (Fsp3) is 0.444. The van der Waals surface area contributed by atoms with E-state index < -0.39 is 24.1 Å². The fourth-order valence-corrected chi connectivity index (χ4v) is 1.91. The molecule has 0 saturated carbocycles. The van der Waals surface area contributed by atoms with Crippen LogP contribution in [-0.2, 0) is 19.1 Å². The molecule has 6 heteroatoms. The molecule has 1 amide bonds. The lowest BCUT2D eigenvalue weighted by atomic mass is 10.1. The molecule has 24 heavy (non-hydrogen) atoms. The third-order valence-corrected chi connectivity index (χ3v) is 3.24. The molecule has 2 atom stereocenters. The van der Waals surface area contributed by atoms with E-state index in [1.165, 1.54) is 0 Å². The summed E-state index contributed by atoms with van der Waals surface area (Å²) in [6, 6.07) is 6.95. The average molecular weight is 335 g/mol. The Morgan fingerprint density at radius 2 is 2.00 bits per heavy atom. The number of carbonyl (C=O) groups excluding carboxylic acids is 2. The molecule has 1 aromatic carbocycles. The molecule has 0 radical (unpaired) electrons. The van der Waals surface area contributed by atoms with Crippen LogP contribution in [0.15, 0.2) is 36.9 Å². The van der Waals surface area contributed by atoms with Crippen LogP contribution in [0.3, 0.4) is 0 Å². The Balaban J connectivity index is 2.74. The van der Waals surface area contributed by atoms with Crippen molar-refractivity contribution >= 4 is 17.6 Å². The standard InChI is InChI=1S/C18H25NO5/c1-6-10-23-13(4)18(21)24-16(12(2)3)17(20)19-14-8-7-9-15(11-14)22-5/h6-9,11-13,16H,1,10H2,2-5H3,(H,19,20). The Morgan fingerprint density at radius 3 is 2.58 bits per heavy atom. The third-order valence-electron chi connectivity index (χ3n) is 3.24. The van der Waals surface area contributed by atoms with Crippen LogP contribution in [0.5, 0.6) is 5.75 Å². The number of benzene rings is 1. The van der Waals surface area contributed by atoms with Crippen LogP contribution < -0.4 is 10.1 Å². The predicted molar refractivity (Wildman–Crippen MR) is 92.0 cm³/mol. The number of hydrogen-bond donors (Lipinski definition) is 1. The van der Waals surface area contributed by atoms with Crippen molar-refractivity contribution in [2.24, 2.45) is 5.92 Å². The maximum atomic E-state index is 12.4. The second-order valence-corrected chi connectivity index (χ2v) is 5.59. The molecule has 6 nitrogen and oxygen atoms in total. The van der Waals surface area contributed by atoms with E-state index in [9.17, 15) is 9.59 Å². The topological polar surface area (TPSA) is 73.9 Å². The van der Waals surface area contributed by atoms with Gasteiger partial charge in [-0.2, -0.15) is 0 Å². The highest BCUT2D eigenvalue weighted by Crippen LogP contribution is 2.18. The van der Waals surface area contributed by atoms with Crippen LogP contribution in [0.25, 0.3) is 0 Å². The maximum Gasteiger partial charge on any atom is 0.335 e. The number of carbonyl (C=O) groups is 2. The summed E-state index contributed by atoms with van der Waals surface area (Å²) < 4.78 is 15.7. The predicted octanol–water partition coefficient (Wildman–Crippen LogP) is 2.79. The molecule has 0 aliphatic carbocycles. The van der Waals surface area contributed by atoms with Gasteiger partial charge in [0.1, 0.15) is 5.75 Å². The number of ether oxygens (including phenoxy) is 3. The zero-order valence-electron chi connectivity index (χ0n) is 14.6. The van der Waals surface area contributed by atoms with E-state index in [2.05, 4.69) is 11.9 Å². The van der Waals surface area contributed by atoms with E-state index in [0.29, 0.717) is 11.4 Å². The molecule has 0 aromatic heterocycles. The molecule has 132 valence electrons. The number of hydrogen-bond acceptors (Lipinski definition) is 5. The summed E-state index contributed by atoms with van der Waals surface area (Å²) in [5.41, 5.74) is 0.567. The number of rotatable bonds is 9. The van der Waals surface area contributed by atoms with Gasteiger partial charge in [-0.1, -0.05) is 26.0 Å². The van der Waals surface area contributed by atoms with Crippen molar-refractivity contribution in [1.29, 1.82) is 0 Å². The first-order chi connectivity index (χ1) is 11.4. The van der Waals surface area contributed by atoms with Gasteiger partial charge in [0.25, 0.3) is 5.91 Å². The summed E-state index contributed by atoms with van der Waals surface area (Å²) in [5, 5.41) is 2.73. The van der Waals surface area contributed by atoms with Crippen molar-refractivity contribution in [3.05, 3.63) is 36.9 Å². The minimum Gasteiger partial charge on any atom is -0.497 e. The van der Waals surface area contributed by atoms with Gasteiger partial charge in [-0.25, -0.2) is 4.79 Å². The van der Waals surface area contributed by atoms with Crippen molar-refractivity contribution in [2.45, 2.75) is 33.0 Å².